The zero-order valence-corrected chi connectivity index (χ0v) is 12.7. The molecule has 1 rings (SSSR count). The van der Waals surface area contributed by atoms with Gasteiger partial charge in [-0.05, 0) is 32.6 Å². The first-order valence-electron chi connectivity index (χ1n) is 7.12. The first kappa shape index (κ1) is 16.6. The molecule has 6 heteroatoms. The molecular weight excluding hydrogens is 258 g/mol. The van der Waals surface area contributed by atoms with Crippen molar-refractivity contribution in [1.29, 1.82) is 0 Å². The molecule has 0 aromatic rings. The van der Waals surface area contributed by atoms with Gasteiger partial charge in [0.2, 0.25) is 11.8 Å². The molecule has 0 aromatic heterocycles. The average molecular weight is 283 g/mol. The van der Waals surface area contributed by atoms with Crippen molar-refractivity contribution < 1.29 is 14.4 Å². The molecule has 0 bridgehead atoms. The number of likely N-dealkylation sites (tertiary alicyclic amines) is 1. The Morgan fingerprint density at radius 3 is 2.30 bits per heavy atom. The summed E-state index contributed by atoms with van der Waals surface area (Å²) in [6, 6.07) is -1.64. The third-order valence-electron chi connectivity index (χ3n) is 3.65. The Kier molecular flexibility index (Phi) is 5.68. The molecule has 1 saturated heterocycles. The van der Waals surface area contributed by atoms with E-state index in [4.69, 9.17) is 5.73 Å². The van der Waals surface area contributed by atoms with Gasteiger partial charge < -0.3 is 16.0 Å². The molecule has 114 valence electrons. The van der Waals surface area contributed by atoms with Crippen molar-refractivity contribution in [1.82, 2.24) is 10.2 Å². The van der Waals surface area contributed by atoms with Crippen LogP contribution in [0.1, 0.15) is 40.5 Å². The average Bonchev–Trinajstić information content (AvgIpc) is 2.83. The monoisotopic (exact) mass is 283 g/mol. The van der Waals surface area contributed by atoms with Crippen LogP contribution in [-0.4, -0.2) is 47.2 Å². The Balaban J connectivity index is 2.83. The molecule has 0 aliphatic carbocycles. The predicted molar refractivity (Wildman–Crippen MR) is 75.8 cm³/mol. The van der Waals surface area contributed by atoms with Crippen LogP contribution in [0.25, 0.3) is 0 Å². The summed E-state index contributed by atoms with van der Waals surface area (Å²) in [6.07, 6.45) is 1.52. The van der Waals surface area contributed by atoms with Gasteiger partial charge in [0.05, 0.1) is 12.1 Å². The van der Waals surface area contributed by atoms with Crippen molar-refractivity contribution in [3.63, 3.8) is 0 Å². The molecule has 1 aliphatic rings. The summed E-state index contributed by atoms with van der Waals surface area (Å²) >= 11 is 0. The fraction of sp³-hybridized carbons (Fsp3) is 0.786. The molecule has 0 aromatic carbocycles. The van der Waals surface area contributed by atoms with E-state index in [1.807, 2.05) is 13.8 Å². The highest BCUT2D eigenvalue weighted by molar-refractivity contribution is 5.93. The highest BCUT2D eigenvalue weighted by Gasteiger charge is 2.37. The van der Waals surface area contributed by atoms with Crippen LogP contribution in [0.3, 0.4) is 0 Å². The van der Waals surface area contributed by atoms with E-state index < -0.39 is 12.1 Å². The van der Waals surface area contributed by atoms with Crippen LogP contribution in [0, 0.1) is 5.92 Å². The Labute approximate surface area is 120 Å². The van der Waals surface area contributed by atoms with Crippen LogP contribution in [-0.2, 0) is 14.4 Å². The number of nitrogens with two attached hydrogens (primary N) is 1. The van der Waals surface area contributed by atoms with Crippen LogP contribution in [0.2, 0.25) is 0 Å². The maximum atomic E-state index is 12.6. The second-order valence-corrected chi connectivity index (χ2v) is 5.82. The molecule has 0 saturated carbocycles. The number of Topliss-reactive ketones (excluding diaryl/α,β-unsaturated/α-hetero) is 1. The summed E-state index contributed by atoms with van der Waals surface area (Å²) in [7, 11) is 0. The smallest absolute Gasteiger partial charge is 0.246 e. The van der Waals surface area contributed by atoms with Gasteiger partial charge in [-0.1, -0.05) is 13.8 Å². The van der Waals surface area contributed by atoms with Gasteiger partial charge in [-0.25, -0.2) is 0 Å². The first-order valence-corrected chi connectivity index (χ1v) is 7.12. The molecule has 6 nitrogen and oxygen atoms in total. The number of ketones is 1. The number of rotatable bonds is 5. The second-order valence-electron chi connectivity index (χ2n) is 5.82. The number of nitrogens with zero attached hydrogens (tertiary/aromatic N) is 1. The fourth-order valence-electron chi connectivity index (χ4n) is 2.43. The maximum absolute atomic E-state index is 12.6. The van der Waals surface area contributed by atoms with Gasteiger partial charge in [0.1, 0.15) is 6.04 Å². The Morgan fingerprint density at radius 1 is 1.25 bits per heavy atom. The molecule has 3 atom stereocenters. The molecule has 3 N–H and O–H groups in total. The molecule has 20 heavy (non-hydrogen) atoms. The van der Waals surface area contributed by atoms with Gasteiger partial charge in [-0.3, -0.25) is 14.4 Å². The number of hydrogen-bond acceptors (Lipinski definition) is 4. The minimum absolute atomic E-state index is 0.00289. The van der Waals surface area contributed by atoms with Gasteiger partial charge in [-0.2, -0.15) is 0 Å². The summed E-state index contributed by atoms with van der Waals surface area (Å²) in [5.74, 6) is -0.599. The molecule has 1 heterocycles. The van der Waals surface area contributed by atoms with E-state index in [1.165, 1.54) is 6.92 Å². The molecule has 2 amide bonds. The minimum Gasteiger partial charge on any atom is -0.343 e. The van der Waals surface area contributed by atoms with Gasteiger partial charge in [0, 0.05) is 6.54 Å². The standard InChI is InChI=1S/C14H25N3O3/c1-8(2)12(16-13(19)9(3)15)14(20)17-7-5-6-11(17)10(4)18/h8-9,11-12H,5-7,15H2,1-4H3,(H,16,19)/t9-,11-,12-/m0/s1. The van der Waals surface area contributed by atoms with E-state index in [1.54, 1.807) is 11.8 Å². The van der Waals surface area contributed by atoms with Gasteiger partial charge in [0.15, 0.2) is 5.78 Å². The Bertz CT molecular complexity index is 393. The SMILES string of the molecule is CC(=O)[C@@H]1CCCN1C(=O)[C@@H](NC(=O)[C@H](C)N)C(C)C. The fourth-order valence-corrected chi connectivity index (χ4v) is 2.43. The van der Waals surface area contributed by atoms with Crippen molar-refractivity contribution in [3.8, 4) is 0 Å². The summed E-state index contributed by atoms with van der Waals surface area (Å²) in [5, 5.41) is 2.69. The molecular formula is C14H25N3O3. The van der Waals surface area contributed by atoms with Crippen LogP contribution in [0.15, 0.2) is 0 Å². The molecule has 0 spiro atoms. The highest BCUT2D eigenvalue weighted by atomic mass is 16.2. The molecule has 1 aliphatic heterocycles. The van der Waals surface area contributed by atoms with Gasteiger partial charge >= 0.3 is 0 Å². The number of hydrogen-bond donors (Lipinski definition) is 2. The van der Waals surface area contributed by atoms with E-state index in [9.17, 15) is 14.4 Å². The van der Waals surface area contributed by atoms with E-state index in [-0.39, 0.29) is 29.6 Å². The first-order chi connectivity index (χ1) is 9.25. The van der Waals surface area contributed by atoms with Crippen molar-refractivity contribution in [2.75, 3.05) is 6.54 Å². The lowest BCUT2D eigenvalue weighted by Crippen LogP contribution is -2.55. The van der Waals surface area contributed by atoms with E-state index in [0.717, 1.165) is 6.42 Å². The van der Waals surface area contributed by atoms with Gasteiger partial charge in [-0.15, -0.1) is 0 Å². The summed E-state index contributed by atoms with van der Waals surface area (Å²) < 4.78 is 0. The lowest BCUT2D eigenvalue weighted by molar-refractivity contribution is -0.141. The van der Waals surface area contributed by atoms with Crippen LogP contribution >= 0.6 is 0 Å². The quantitative estimate of drug-likeness (QED) is 0.746. The van der Waals surface area contributed by atoms with Crippen molar-refractivity contribution in [2.24, 2.45) is 11.7 Å². The Morgan fingerprint density at radius 2 is 1.85 bits per heavy atom. The zero-order chi connectivity index (χ0) is 15.4. The summed E-state index contributed by atoms with van der Waals surface area (Å²) in [4.78, 5) is 37.5. The number of carbonyl (C=O) groups excluding carboxylic acids is 3. The summed E-state index contributed by atoms with van der Waals surface area (Å²) in [5.41, 5.74) is 5.52. The van der Waals surface area contributed by atoms with Crippen LogP contribution in [0.5, 0.6) is 0 Å². The molecule has 0 radical (unpaired) electrons. The second kappa shape index (κ2) is 6.83. The highest BCUT2D eigenvalue weighted by Crippen LogP contribution is 2.20. The third kappa shape index (κ3) is 3.79. The molecule has 0 unspecified atom stereocenters. The summed E-state index contributed by atoms with van der Waals surface area (Å²) in [6.45, 7) is 7.37. The zero-order valence-electron chi connectivity index (χ0n) is 12.7. The van der Waals surface area contributed by atoms with Crippen LogP contribution < -0.4 is 11.1 Å². The Hall–Kier alpha value is -1.43. The van der Waals surface area contributed by atoms with Gasteiger partial charge in [0.25, 0.3) is 0 Å². The number of carbonyl (C=O) groups is 3. The molecule has 1 fully saturated rings. The number of amides is 2. The van der Waals surface area contributed by atoms with E-state index >= 15 is 0 Å². The van der Waals surface area contributed by atoms with Crippen molar-refractivity contribution in [3.05, 3.63) is 0 Å². The number of nitrogens with one attached hydrogen (secondary N) is 1. The largest absolute Gasteiger partial charge is 0.343 e. The van der Waals surface area contributed by atoms with E-state index in [0.29, 0.717) is 13.0 Å². The van der Waals surface area contributed by atoms with Crippen molar-refractivity contribution in [2.45, 2.75) is 58.7 Å². The maximum Gasteiger partial charge on any atom is 0.246 e. The third-order valence-corrected chi connectivity index (χ3v) is 3.65. The normalized spacial score (nSPS) is 21.7. The lowest BCUT2D eigenvalue weighted by atomic mass is 10.0. The van der Waals surface area contributed by atoms with Crippen LogP contribution in [0.4, 0.5) is 0 Å². The minimum atomic E-state index is -0.661. The topological polar surface area (TPSA) is 92.5 Å². The van der Waals surface area contributed by atoms with Crippen molar-refractivity contribution >= 4 is 17.6 Å². The lowest BCUT2D eigenvalue weighted by Gasteiger charge is -2.30. The van der Waals surface area contributed by atoms with E-state index in [2.05, 4.69) is 5.32 Å². The predicted octanol–water partition coefficient (Wildman–Crippen LogP) is 0.0544.